The molecule has 1 heterocycles. The van der Waals surface area contributed by atoms with Gasteiger partial charge in [-0.1, -0.05) is 48.5 Å². The molecule has 0 saturated heterocycles. The van der Waals surface area contributed by atoms with E-state index in [2.05, 4.69) is 37.3 Å². The number of hydrogen-bond donors (Lipinski definition) is 1. The average Bonchev–Trinajstić information content (AvgIpc) is 2.80. The minimum absolute atomic E-state index is 0.100. The third kappa shape index (κ3) is 1.74. The van der Waals surface area contributed by atoms with Crippen LogP contribution in [0.15, 0.2) is 48.5 Å². The first-order valence-corrected chi connectivity index (χ1v) is 6.80. The van der Waals surface area contributed by atoms with Gasteiger partial charge in [0.2, 0.25) is 0 Å². The molecular weight excluding hydrogens is 240 g/mol. The maximum Gasteiger partial charge on any atom is 0.0781 e. The maximum absolute atomic E-state index is 9.58. The van der Waals surface area contributed by atoms with Crippen molar-refractivity contribution in [2.75, 3.05) is 0 Å². The number of benzene rings is 2. The average molecular weight is 254 g/mol. The number of hydrogen-bond acceptors (Lipinski definition) is 2. The van der Waals surface area contributed by atoms with Crippen molar-refractivity contribution >= 4 is 21.4 Å². The first-order valence-electron chi connectivity index (χ1n) is 5.98. The summed E-state index contributed by atoms with van der Waals surface area (Å²) in [6, 6.07) is 16.6. The van der Waals surface area contributed by atoms with Crippen LogP contribution in [0.3, 0.4) is 0 Å². The van der Waals surface area contributed by atoms with Gasteiger partial charge in [-0.15, -0.1) is 11.3 Å². The van der Waals surface area contributed by atoms with Gasteiger partial charge >= 0.3 is 0 Å². The van der Waals surface area contributed by atoms with Gasteiger partial charge in [-0.05, 0) is 18.1 Å². The summed E-state index contributed by atoms with van der Waals surface area (Å²) in [6.45, 7) is 2.22. The predicted molar refractivity (Wildman–Crippen MR) is 77.9 cm³/mol. The number of aryl methyl sites for hydroxylation is 1. The van der Waals surface area contributed by atoms with Crippen LogP contribution in [-0.2, 0) is 6.61 Å². The Morgan fingerprint density at radius 2 is 1.78 bits per heavy atom. The number of fused-ring (bicyclic) bond motifs is 1. The van der Waals surface area contributed by atoms with E-state index in [1.807, 2.05) is 18.2 Å². The van der Waals surface area contributed by atoms with Gasteiger partial charge in [-0.2, -0.15) is 0 Å². The van der Waals surface area contributed by atoms with Crippen LogP contribution < -0.4 is 0 Å². The van der Waals surface area contributed by atoms with Crippen molar-refractivity contribution in [3.63, 3.8) is 0 Å². The van der Waals surface area contributed by atoms with E-state index >= 15 is 0 Å². The Morgan fingerprint density at radius 1 is 1.00 bits per heavy atom. The fourth-order valence-corrected chi connectivity index (χ4v) is 3.49. The molecule has 1 N–H and O–H groups in total. The molecule has 0 aliphatic heterocycles. The highest BCUT2D eigenvalue weighted by molar-refractivity contribution is 7.19. The summed E-state index contributed by atoms with van der Waals surface area (Å²) in [4.78, 5) is 1.05. The van der Waals surface area contributed by atoms with E-state index < -0.39 is 0 Å². The molecule has 1 nitrogen and oxygen atoms in total. The monoisotopic (exact) mass is 254 g/mol. The molecule has 0 radical (unpaired) electrons. The van der Waals surface area contributed by atoms with E-state index in [1.54, 1.807) is 11.3 Å². The van der Waals surface area contributed by atoms with E-state index in [-0.39, 0.29) is 6.61 Å². The Labute approximate surface area is 110 Å². The molecule has 0 atom stereocenters. The maximum atomic E-state index is 9.58. The summed E-state index contributed by atoms with van der Waals surface area (Å²) in [5.74, 6) is 0. The van der Waals surface area contributed by atoms with Gasteiger partial charge in [0, 0.05) is 20.5 Å². The Hall–Kier alpha value is -1.64. The smallest absolute Gasteiger partial charge is 0.0781 e. The fraction of sp³-hybridized carbons (Fsp3) is 0.125. The molecule has 0 spiro atoms. The number of aliphatic hydroxyl groups is 1. The number of aliphatic hydroxyl groups excluding tert-OH is 1. The minimum Gasteiger partial charge on any atom is -0.391 e. The Bertz CT molecular complexity index is 683. The van der Waals surface area contributed by atoms with E-state index in [1.165, 1.54) is 26.8 Å². The summed E-state index contributed by atoms with van der Waals surface area (Å²) in [6.07, 6.45) is 0. The lowest BCUT2D eigenvalue weighted by Gasteiger charge is -2.03. The van der Waals surface area contributed by atoms with Crippen LogP contribution in [0.5, 0.6) is 0 Å². The predicted octanol–water partition coefficient (Wildman–Crippen LogP) is 4.37. The van der Waals surface area contributed by atoms with Crippen LogP contribution in [0.2, 0.25) is 0 Å². The Morgan fingerprint density at radius 3 is 2.50 bits per heavy atom. The summed E-state index contributed by atoms with van der Waals surface area (Å²) in [5.41, 5.74) is 3.63. The van der Waals surface area contributed by atoms with Crippen molar-refractivity contribution in [1.82, 2.24) is 0 Å². The third-order valence-electron chi connectivity index (χ3n) is 3.19. The van der Waals surface area contributed by atoms with Crippen LogP contribution in [0, 0.1) is 6.92 Å². The lowest BCUT2D eigenvalue weighted by molar-refractivity contribution is 0.286. The first kappa shape index (κ1) is 11.5. The molecule has 0 aliphatic rings. The van der Waals surface area contributed by atoms with E-state index in [0.29, 0.717) is 0 Å². The highest BCUT2D eigenvalue weighted by Crippen LogP contribution is 2.40. The zero-order valence-electron chi connectivity index (χ0n) is 10.2. The highest BCUT2D eigenvalue weighted by atomic mass is 32.1. The molecule has 2 aromatic carbocycles. The van der Waals surface area contributed by atoms with E-state index in [0.717, 1.165) is 4.88 Å². The van der Waals surface area contributed by atoms with Crippen molar-refractivity contribution in [3.05, 3.63) is 59.0 Å². The summed E-state index contributed by atoms with van der Waals surface area (Å²) in [5, 5.41) is 10.8. The molecule has 3 aromatic rings. The van der Waals surface area contributed by atoms with Crippen molar-refractivity contribution in [2.45, 2.75) is 13.5 Å². The van der Waals surface area contributed by atoms with Gasteiger partial charge in [-0.25, -0.2) is 0 Å². The highest BCUT2D eigenvalue weighted by Gasteiger charge is 2.13. The van der Waals surface area contributed by atoms with Crippen molar-refractivity contribution in [1.29, 1.82) is 0 Å². The van der Waals surface area contributed by atoms with E-state index in [4.69, 9.17) is 0 Å². The molecule has 3 rings (SSSR count). The molecule has 1 aromatic heterocycles. The lowest BCUT2D eigenvalue weighted by Crippen LogP contribution is -1.83. The molecule has 2 heteroatoms. The zero-order valence-corrected chi connectivity index (χ0v) is 11.0. The molecule has 0 fully saturated rings. The molecule has 90 valence electrons. The van der Waals surface area contributed by atoms with Gasteiger partial charge in [0.15, 0.2) is 0 Å². The Balaban J connectivity index is 2.37. The van der Waals surface area contributed by atoms with Crippen LogP contribution >= 0.6 is 11.3 Å². The molecule has 0 bridgehead atoms. The second kappa shape index (κ2) is 4.56. The SMILES string of the molecule is Cc1cccc2c(-c3ccccc3)c(CO)sc12. The first-order chi connectivity index (χ1) is 8.81. The van der Waals surface area contributed by atoms with Gasteiger partial charge in [0.25, 0.3) is 0 Å². The normalized spacial score (nSPS) is 11.0. The quantitative estimate of drug-likeness (QED) is 0.720. The minimum atomic E-state index is 0.100. The van der Waals surface area contributed by atoms with Crippen molar-refractivity contribution in [3.8, 4) is 11.1 Å². The summed E-state index contributed by atoms with van der Waals surface area (Å²) >= 11 is 1.70. The molecule has 0 saturated carbocycles. The second-order valence-electron chi connectivity index (χ2n) is 4.38. The lowest BCUT2D eigenvalue weighted by atomic mass is 10.0. The molecule has 0 unspecified atom stereocenters. The summed E-state index contributed by atoms with van der Waals surface area (Å²) < 4.78 is 1.28. The van der Waals surface area contributed by atoms with Crippen LogP contribution in [0.4, 0.5) is 0 Å². The van der Waals surface area contributed by atoms with Crippen LogP contribution in [0.25, 0.3) is 21.2 Å². The Kier molecular flexibility index (Phi) is 2.90. The van der Waals surface area contributed by atoms with Gasteiger partial charge in [0.1, 0.15) is 0 Å². The van der Waals surface area contributed by atoms with E-state index in [9.17, 15) is 5.11 Å². The number of rotatable bonds is 2. The zero-order chi connectivity index (χ0) is 12.5. The van der Waals surface area contributed by atoms with Crippen molar-refractivity contribution in [2.24, 2.45) is 0 Å². The largest absolute Gasteiger partial charge is 0.391 e. The van der Waals surface area contributed by atoms with Gasteiger partial charge < -0.3 is 5.11 Å². The molecule has 0 aliphatic carbocycles. The standard InChI is InChI=1S/C16H14OS/c1-11-6-5-9-13-15(12-7-3-2-4-8-12)14(10-17)18-16(11)13/h2-9,17H,10H2,1H3. The van der Waals surface area contributed by atoms with Crippen LogP contribution in [-0.4, -0.2) is 5.11 Å². The van der Waals surface area contributed by atoms with Gasteiger partial charge in [-0.3, -0.25) is 0 Å². The fourth-order valence-electron chi connectivity index (χ4n) is 2.34. The summed E-state index contributed by atoms with van der Waals surface area (Å²) in [7, 11) is 0. The number of thiophene rings is 1. The van der Waals surface area contributed by atoms with Crippen molar-refractivity contribution < 1.29 is 5.11 Å². The molecule has 0 amide bonds. The second-order valence-corrected chi connectivity index (χ2v) is 5.48. The third-order valence-corrected chi connectivity index (χ3v) is 4.52. The molecule has 18 heavy (non-hydrogen) atoms. The topological polar surface area (TPSA) is 20.2 Å². The van der Waals surface area contributed by atoms with Gasteiger partial charge in [0.05, 0.1) is 6.61 Å². The van der Waals surface area contributed by atoms with Crippen LogP contribution in [0.1, 0.15) is 10.4 Å². The molecular formula is C16H14OS.